The largest absolute Gasteiger partial charge is 0.380 e. The van der Waals surface area contributed by atoms with Gasteiger partial charge in [-0.05, 0) is 12.3 Å². The molecule has 1 aromatic rings. The van der Waals surface area contributed by atoms with Gasteiger partial charge < -0.3 is 5.32 Å². The van der Waals surface area contributed by atoms with E-state index in [9.17, 15) is 17.6 Å². The van der Waals surface area contributed by atoms with Crippen LogP contribution in [0.2, 0.25) is 0 Å². The summed E-state index contributed by atoms with van der Waals surface area (Å²) in [6.07, 6.45) is 2.54. The van der Waals surface area contributed by atoms with Crippen molar-refractivity contribution in [2.45, 2.75) is 33.1 Å². The zero-order valence-corrected chi connectivity index (χ0v) is 10.4. The van der Waals surface area contributed by atoms with Gasteiger partial charge in [0.25, 0.3) is 11.9 Å². The maximum Gasteiger partial charge on any atom is 0.253 e. The molecule has 1 rings (SSSR count). The third-order valence-electron chi connectivity index (χ3n) is 2.51. The van der Waals surface area contributed by atoms with E-state index < -0.39 is 29.2 Å². The molecule has 2 nitrogen and oxygen atoms in total. The number of nitrogens with one attached hydrogen (secondary N) is 1. The Hall–Kier alpha value is -1.33. The van der Waals surface area contributed by atoms with E-state index in [4.69, 9.17) is 0 Å². The first-order valence-electron chi connectivity index (χ1n) is 5.87. The molecule has 0 aliphatic carbocycles. The summed E-state index contributed by atoms with van der Waals surface area (Å²) >= 11 is 0. The molecule has 0 atom stereocenters. The molecule has 0 fully saturated rings. The Morgan fingerprint density at radius 3 is 2.06 bits per heavy atom. The van der Waals surface area contributed by atoms with Crippen LogP contribution < -0.4 is 5.32 Å². The molecule has 0 saturated heterocycles. The second-order valence-corrected chi connectivity index (χ2v) is 4.51. The van der Waals surface area contributed by atoms with Gasteiger partial charge in [-0.1, -0.05) is 26.7 Å². The third kappa shape index (κ3) is 3.85. The Kier molecular flexibility index (Phi) is 5.37. The first-order valence-corrected chi connectivity index (χ1v) is 5.87. The Balaban J connectivity index is 2.57. The second kappa shape index (κ2) is 6.56. The van der Waals surface area contributed by atoms with Crippen LogP contribution in [0.5, 0.6) is 0 Å². The number of rotatable bonds is 6. The van der Waals surface area contributed by atoms with E-state index in [0.29, 0.717) is 12.3 Å². The lowest BCUT2D eigenvalue weighted by atomic mass is 10.1. The van der Waals surface area contributed by atoms with Gasteiger partial charge in [-0.2, -0.15) is 22.5 Å². The van der Waals surface area contributed by atoms with Crippen molar-refractivity contribution in [3.8, 4) is 0 Å². The molecule has 0 radical (unpaired) electrons. The standard InChI is InChI=1S/C12H16F4N2/c1-7(2)5-3-4-6-17-10-8(13)11(15)18-12(16)9(10)14/h7H,3-6H2,1-2H3,(H,17,18). The summed E-state index contributed by atoms with van der Waals surface area (Å²) in [6.45, 7) is 4.39. The molecule has 1 heterocycles. The highest BCUT2D eigenvalue weighted by Gasteiger charge is 2.20. The van der Waals surface area contributed by atoms with E-state index in [1.807, 2.05) is 0 Å². The van der Waals surface area contributed by atoms with Crippen LogP contribution in [-0.4, -0.2) is 11.5 Å². The number of anilines is 1. The Bertz CT molecular complexity index is 381. The van der Waals surface area contributed by atoms with Crippen molar-refractivity contribution in [1.82, 2.24) is 4.98 Å². The summed E-state index contributed by atoms with van der Waals surface area (Å²) in [7, 11) is 0. The Morgan fingerprint density at radius 1 is 1.00 bits per heavy atom. The fourth-order valence-corrected chi connectivity index (χ4v) is 1.53. The molecule has 0 aliphatic rings. The average Bonchev–Trinajstić information content (AvgIpc) is 2.30. The van der Waals surface area contributed by atoms with Crippen molar-refractivity contribution in [2.24, 2.45) is 5.92 Å². The van der Waals surface area contributed by atoms with Crippen LogP contribution >= 0.6 is 0 Å². The molecule has 1 N–H and O–H groups in total. The first kappa shape index (κ1) is 14.7. The molecule has 0 bridgehead atoms. The minimum absolute atomic E-state index is 0.253. The molecule has 102 valence electrons. The summed E-state index contributed by atoms with van der Waals surface area (Å²) in [5.74, 6) is -5.71. The van der Waals surface area contributed by atoms with Crippen LogP contribution in [0.4, 0.5) is 23.2 Å². The molecule has 18 heavy (non-hydrogen) atoms. The van der Waals surface area contributed by atoms with Gasteiger partial charge in [-0.3, -0.25) is 0 Å². The Labute approximate surface area is 103 Å². The van der Waals surface area contributed by atoms with E-state index in [-0.39, 0.29) is 6.54 Å². The van der Waals surface area contributed by atoms with Crippen molar-refractivity contribution >= 4 is 5.69 Å². The molecule has 6 heteroatoms. The van der Waals surface area contributed by atoms with Crippen molar-refractivity contribution in [1.29, 1.82) is 0 Å². The number of pyridine rings is 1. The molecule has 0 spiro atoms. The highest BCUT2D eigenvalue weighted by molar-refractivity contribution is 5.45. The summed E-state index contributed by atoms with van der Waals surface area (Å²) in [5, 5.41) is 2.37. The molecule has 0 unspecified atom stereocenters. The predicted octanol–water partition coefficient (Wildman–Crippen LogP) is 3.88. The van der Waals surface area contributed by atoms with Crippen molar-refractivity contribution in [3.63, 3.8) is 0 Å². The van der Waals surface area contributed by atoms with Crippen molar-refractivity contribution in [3.05, 3.63) is 23.5 Å². The van der Waals surface area contributed by atoms with E-state index >= 15 is 0 Å². The molecular formula is C12H16F4N2. The molecule has 0 saturated carbocycles. The number of halogens is 4. The minimum atomic E-state index is -1.64. The van der Waals surface area contributed by atoms with Crippen LogP contribution in [0, 0.1) is 29.4 Å². The molecule has 0 amide bonds. The Morgan fingerprint density at radius 2 is 1.56 bits per heavy atom. The number of nitrogens with zero attached hydrogens (tertiary/aromatic N) is 1. The zero-order valence-electron chi connectivity index (χ0n) is 10.4. The summed E-state index contributed by atoms with van der Waals surface area (Å²) in [5.41, 5.74) is -0.787. The summed E-state index contributed by atoms with van der Waals surface area (Å²) in [6, 6.07) is 0. The van der Waals surface area contributed by atoms with Crippen LogP contribution in [-0.2, 0) is 0 Å². The maximum atomic E-state index is 13.2. The van der Waals surface area contributed by atoms with E-state index in [0.717, 1.165) is 12.8 Å². The number of hydrogen-bond acceptors (Lipinski definition) is 2. The highest BCUT2D eigenvalue weighted by Crippen LogP contribution is 2.22. The topological polar surface area (TPSA) is 24.9 Å². The maximum absolute atomic E-state index is 13.2. The third-order valence-corrected chi connectivity index (χ3v) is 2.51. The fourth-order valence-electron chi connectivity index (χ4n) is 1.53. The molecule has 0 aromatic carbocycles. The van der Waals surface area contributed by atoms with Gasteiger partial charge in [0.2, 0.25) is 11.6 Å². The first-order chi connectivity index (χ1) is 8.43. The molecule has 1 aromatic heterocycles. The predicted molar refractivity (Wildman–Crippen MR) is 61.2 cm³/mol. The van der Waals surface area contributed by atoms with E-state index in [2.05, 4.69) is 24.1 Å². The van der Waals surface area contributed by atoms with Crippen LogP contribution in [0.1, 0.15) is 33.1 Å². The summed E-state index contributed by atoms with van der Waals surface area (Å²) < 4.78 is 51.9. The SMILES string of the molecule is CC(C)CCCCNc1c(F)c(F)nc(F)c1F. The van der Waals surface area contributed by atoms with Gasteiger partial charge in [-0.25, -0.2) is 0 Å². The van der Waals surface area contributed by atoms with Crippen molar-refractivity contribution < 1.29 is 17.6 Å². The van der Waals surface area contributed by atoms with Gasteiger partial charge in [0, 0.05) is 6.54 Å². The van der Waals surface area contributed by atoms with Crippen LogP contribution in [0.3, 0.4) is 0 Å². The fraction of sp³-hybridized carbons (Fsp3) is 0.583. The lowest BCUT2D eigenvalue weighted by molar-refractivity contribution is 0.410. The van der Waals surface area contributed by atoms with E-state index in [1.54, 1.807) is 0 Å². The number of hydrogen-bond donors (Lipinski definition) is 1. The minimum Gasteiger partial charge on any atom is -0.380 e. The average molecular weight is 264 g/mol. The highest BCUT2D eigenvalue weighted by atomic mass is 19.2. The summed E-state index contributed by atoms with van der Waals surface area (Å²) in [4.78, 5) is 2.48. The van der Waals surface area contributed by atoms with Crippen LogP contribution in [0.25, 0.3) is 0 Å². The van der Waals surface area contributed by atoms with Crippen molar-refractivity contribution in [2.75, 3.05) is 11.9 Å². The van der Waals surface area contributed by atoms with Crippen LogP contribution in [0.15, 0.2) is 0 Å². The number of aromatic nitrogens is 1. The number of unbranched alkanes of at least 4 members (excludes halogenated alkanes) is 1. The van der Waals surface area contributed by atoms with Gasteiger partial charge in [0.15, 0.2) is 0 Å². The second-order valence-electron chi connectivity index (χ2n) is 4.51. The monoisotopic (exact) mass is 264 g/mol. The van der Waals surface area contributed by atoms with Gasteiger partial charge in [0.1, 0.15) is 5.69 Å². The van der Waals surface area contributed by atoms with E-state index in [1.165, 1.54) is 0 Å². The molecule has 0 aliphatic heterocycles. The zero-order chi connectivity index (χ0) is 13.7. The quantitative estimate of drug-likeness (QED) is 0.479. The molecular weight excluding hydrogens is 248 g/mol. The van der Waals surface area contributed by atoms with Gasteiger partial charge in [-0.15, -0.1) is 0 Å². The lowest BCUT2D eigenvalue weighted by Gasteiger charge is -2.09. The van der Waals surface area contributed by atoms with Gasteiger partial charge >= 0.3 is 0 Å². The normalized spacial score (nSPS) is 11.1. The van der Waals surface area contributed by atoms with Gasteiger partial charge in [0.05, 0.1) is 0 Å². The smallest absolute Gasteiger partial charge is 0.253 e. The lowest BCUT2D eigenvalue weighted by Crippen LogP contribution is -2.10.